The first-order valence-corrected chi connectivity index (χ1v) is 15.6. The lowest BCUT2D eigenvalue weighted by Crippen LogP contribution is -2.49. The molecule has 0 unspecified atom stereocenters. The van der Waals surface area contributed by atoms with Crippen molar-refractivity contribution < 1.29 is 19.1 Å². The number of hydrogen-bond acceptors (Lipinski definition) is 6. The summed E-state index contributed by atoms with van der Waals surface area (Å²) in [5, 5.41) is 1.31. The number of carbonyl (C=O) groups excluding carboxylic acids is 2. The van der Waals surface area contributed by atoms with Crippen LogP contribution in [-0.2, 0) is 17.9 Å². The third kappa shape index (κ3) is 6.86. The maximum Gasteiger partial charge on any atom is 0.324 e. The topological polar surface area (TPSA) is 83.4 Å². The van der Waals surface area contributed by atoms with Crippen LogP contribution < -0.4 is 14.4 Å². The van der Waals surface area contributed by atoms with E-state index in [9.17, 15) is 9.59 Å². The Morgan fingerprint density at radius 1 is 1.14 bits per heavy atom. The number of ether oxygens (including phenoxy) is 2. The van der Waals surface area contributed by atoms with Crippen LogP contribution >= 0.6 is 11.6 Å². The van der Waals surface area contributed by atoms with Gasteiger partial charge in [-0.2, -0.15) is 0 Å². The first-order valence-electron chi connectivity index (χ1n) is 15.2. The van der Waals surface area contributed by atoms with Crippen molar-refractivity contribution in [2.24, 2.45) is 0 Å². The van der Waals surface area contributed by atoms with E-state index in [1.807, 2.05) is 52.7 Å². The Kier molecular flexibility index (Phi) is 9.97. The first-order chi connectivity index (χ1) is 20.8. The van der Waals surface area contributed by atoms with Gasteiger partial charge in [0, 0.05) is 68.3 Å². The van der Waals surface area contributed by atoms with Gasteiger partial charge < -0.3 is 28.7 Å². The van der Waals surface area contributed by atoms with Crippen molar-refractivity contribution in [1.29, 1.82) is 0 Å². The number of likely N-dealkylation sites (tertiary alicyclic amines) is 1. The Morgan fingerprint density at radius 2 is 1.98 bits per heavy atom. The molecule has 2 aliphatic heterocycles. The number of anilines is 1. The molecule has 11 heteroatoms. The summed E-state index contributed by atoms with van der Waals surface area (Å²) in [6.07, 6.45) is 8.49. The molecular formula is C32H43ClN6O4. The molecule has 232 valence electrons. The van der Waals surface area contributed by atoms with Crippen molar-refractivity contribution in [2.45, 2.75) is 58.2 Å². The van der Waals surface area contributed by atoms with Gasteiger partial charge in [0.1, 0.15) is 12.2 Å². The summed E-state index contributed by atoms with van der Waals surface area (Å²) in [7, 11) is 5.72. The van der Waals surface area contributed by atoms with E-state index < -0.39 is 0 Å². The normalized spacial score (nSPS) is 17.4. The monoisotopic (exact) mass is 610 g/mol. The minimum absolute atomic E-state index is 0.0557. The van der Waals surface area contributed by atoms with Gasteiger partial charge in [-0.3, -0.25) is 9.69 Å². The lowest BCUT2D eigenvalue weighted by atomic mass is 10.1. The van der Waals surface area contributed by atoms with Gasteiger partial charge >= 0.3 is 6.03 Å². The number of urea groups is 1. The van der Waals surface area contributed by atoms with Crippen LogP contribution in [0.4, 0.5) is 10.5 Å². The third-order valence-corrected chi connectivity index (χ3v) is 8.77. The number of pyridine rings is 1. The highest BCUT2D eigenvalue weighted by molar-refractivity contribution is 6.35. The number of benzene rings is 1. The molecule has 1 aromatic carbocycles. The molecule has 10 nitrogen and oxygen atoms in total. The SMILES string of the molecule is CCCCCOc1cc(N2CCCN(Cc3ccnc4c3c(Cl)cn4CC(=O)N3CC[C@H](N(C)C)C3)C2=O)ccc1OC. The summed E-state index contributed by atoms with van der Waals surface area (Å²) >= 11 is 6.74. The molecule has 1 atom stereocenters. The number of unbranched alkanes of at least 4 members (excludes halogenated alkanes) is 2. The standard InChI is InChI=1S/C32H43ClN6O4/c1-5-6-7-17-43-28-18-24(9-10-27(28)42-4)39-15-8-14-37(32(39)41)19-23-11-13-34-31-30(23)26(33)21-38(31)22-29(40)36-16-12-25(20-36)35(2)3/h9-11,13,18,21,25H,5-8,12,14-17,19-20,22H2,1-4H3/t25-/m0/s1. The van der Waals surface area contributed by atoms with Crippen LogP contribution in [0.2, 0.25) is 5.02 Å². The van der Waals surface area contributed by atoms with Gasteiger partial charge in [-0.1, -0.05) is 31.4 Å². The van der Waals surface area contributed by atoms with Crippen molar-refractivity contribution >= 4 is 40.3 Å². The van der Waals surface area contributed by atoms with Crippen LogP contribution in [-0.4, -0.2) is 96.2 Å². The minimum atomic E-state index is -0.0754. The van der Waals surface area contributed by atoms with Gasteiger partial charge in [-0.05, 0) is 57.1 Å². The largest absolute Gasteiger partial charge is 0.493 e. The highest BCUT2D eigenvalue weighted by Gasteiger charge is 2.30. The predicted molar refractivity (Wildman–Crippen MR) is 169 cm³/mol. The van der Waals surface area contributed by atoms with E-state index in [2.05, 4.69) is 16.8 Å². The van der Waals surface area contributed by atoms with Gasteiger partial charge in [0.15, 0.2) is 11.5 Å². The molecule has 0 spiro atoms. The van der Waals surface area contributed by atoms with Crippen LogP contribution in [0, 0.1) is 0 Å². The number of methoxy groups -OCH3 is 1. The molecule has 2 fully saturated rings. The molecular weight excluding hydrogens is 568 g/mol. The Morgan fingerprint density at radius 3 is 2.72 bits per heavy atom. The number of amides is 3. The lowest BCUT2D eigenvalue weighted by molar-refractivity contribution is -0.130. The molecule has 3 aromatic rings. The number of aromatic nitrogens is 2. The first kappa shape index (κ1) is 30.9. The van der Waals surface area contributed by atoms with Gasteiger partial charge in [-0.25, -0.2) is 9.78 Å². The van der Waals surface area contributed by atoms with Gasteiger partial charge in [0.05, 0.1) is 18.7 Å². The fourth-order valence-corrected chi connectivity index (χ4v) is 6.30. The fourth-order valence-electron chi connectivity index (χ4n) is 5.97. The zero-order valence-corrected chi connectivity index (χ0v) is 26.5. The second-order valence-corrected chi connectivity index (χ2v) is 12.0. The Balaban J connectivity index is 1.31. The van der Waals surface area contributed by atoms with Crippen molar-refractivity contribution in [2.75, 3.05) is 58.9 Å². The lowest BCUT2D eigenvalue weighted by Gasteiger charge is -2.36. The van der Waals surface area contributed by atoms with E-state index in [0.29, 0.717) is 54.5 Å². The van der Waals surface area contributed by atoms with Gasteiger partial charge in [0.25, 0.3) is 0 Å². The molecule has 43 heavy (non-hydrogen) atoms. The number of carbonyl (C=O) groups is 2. The fraction of sp³-hybridized carbons (Fsp3) is 0.531. The van der Waals surface area contributed by atoms with Crippen LogP contribution in [0.5, 0.6) is 11.5 Å². The van der Waals surface area contributed by atoms with Crippen LogP contribution in [0.15, 0.2) is 36.7 Å². The molecule has 2 aliphatic rings. The highest BCUT2D eigenvalue weighted by Crippen LogP contribution is 2.34. The van der Waals surface area contributed by atoms with E-state index in [1.165, 1.54) is 0 Å². The van der Waals surface area contributed by atoms with E-state index in [4.69, 9.17) is 21.1 Å². The third-order valence-electron chi connectivity index (χ3n) is 8.49. The van der Waals surface area contributed by atoms with Crippen LogP contribution in [0.25, 0.3) is 11.0 Å². The zero-order valence-electron chi connectivity index (χ0n) is 25.7. The maximum atomic E-state index is 13.8. The molecule has 0 N–H and O–H groups in total. The Bertz CT molecular complexity index is 1440. The number of fused-ring (bicyclic) bond motifs is 1. The molecule has 4 heterocycles. The van der Waals surface area contributed by atoms with Crippen LogP contribution in [0.3, 0.4) is 0 Å². The van der Waals surface area contributed by atoms with Crippen molar-refractivity contribution in [3.05, 3.63) is 47.2 Å². The molecule has 0 saturated carbocycles. The summed E-state index contributed by atoms with van der Waals surface area (Å²) in [6.45, 7) is 6.06. The van der Waals surface area contributed by atoms with E-state index in [1.54, 1.807) is 24.4 Å². The van der Waals surface area contributed by atoms with Crippen molar-refractivity contribution in [3.63, 3.8) is 0 Å². The Labute approximate surface area is 259 Å². The number of halogens is 1. The second-order valence-electron chi connectivity index (χ2n) is 11.6. The van der Waals surface area contributed by atoms with E-state index in [-0.39, 0.29) is 18.5 Å². The smallest absolute Gasteiger partial charge is 0.324 e. The molecule has 2 saturated heterocycles. The Hall–Kier alpha value is -3.50. The van der Waals surface area contributed by atoms with Crippen molar-refractivity contribution in [1.82, 2.24) is 24.3 Å². The molecule has 0 radical (unpaired) electrons. The quantitative estimate of drug-likeness (QED) is 0.260. The number of nitrogens with zero attached hydrogens (tertiary/aromatic N) is 6. The molecule has 0 aliphatic carbocycles. The average Bonchev–Trinajstić information content (AvgIpc) is 3.62. The summed E-state index contributed by atoms with van der Waals surface area (Å²) in [6, 6.07) is 7.86. The number of hydrogen-bond donors (Lipinski definition) is 0. The van der Waals surface area contributed by atoms with Gasteiger partial charge in [-0.15, -0.1) is 0 Å². The zero-order chi connectivity index (χ0) is 30.5. The van der Waals surface area contributed by atoms with Gasteiger partial charge in [0.2, 0.25) is 5.91 Å². The summed E-state index contributed by atoms with van der Waals surface area (Å²) in [4.78, 5) is 39.2. The average molecular weight is 611 g/mol. The molecule has 2 aromatic heterocycles. The maximum absolute atomic E-state index is 13.8. The molecule has 0 bridgehead atoms. The van der Waals surface area contributed by atoms with Crippen molar-refractivity contribution in [3.8, 4) is 11.5 Å². The van der Waals surface area contributed by atoms with E-state index in [0.717, 1.165) is 61.8 Å². The minimum Gasteiger partial charge on any atom is -0.493 e. The van der Waals surface area contributed by atoms with Crippen LogP contribution in [0.1, 0.15) is 44.6 Å². The summed E-state index contributed by atoms with van der Waals surface area (Å²) in [5.41, 5.74) is 2.34. The predicted octanol–water partition coefficient (Wildman–Crippen LogP) is 5.26. The second kappa shape index (κ2) is 13.9. The molecule has 5 rings (SSSR count). The summed E-state index contributed by atoms with van der Waals surface area (Å²) < 4.78 is 13.4. The number of likely N-dealkylation sites (N-methyl/N-ethyl adjacent to an activating group) is 1. The summed E-state index contributed by atoms with van der Waals surface area (Å²) in [5.74, 6) is 1.35. The number of rotatable bonds is 12. The molecule has 3 amide bonds. The highest BCUT2D eigenvalue weighted by atomic mass is 35.5. The van der Waals surface area contributed by atoms with E-state index >= 15 is 0 Å².